The normalized spacial score (nSPS) is 15.7. The molecule has 23 heavy (non-hydrogen) atoms. The summed E-state index contributed by atoms with van der Waals surface area (Å²) in [5.74, 6) is 0.0669. The molecule has 122 valence electrons. The minimum absolute atomic E-state index is 0.0119. The van der Waals surface area contributed by atoms with Gasteiger partial charge in [-0.1, -0.05) is 0 Å². The van der Waals surface area contributed by atoms with Gasteiger partial charge in [0.15, 0.2) is 0 Å². The highest BCUT2D eigenvalue weighted by Gasteiger charge is 2.28. The molecule has 2 heterocycles. The predicted octanol–water partition coefficient (Wildman–Crippen LogP) is 2.83. The maximum Gasteiger partial charge on any atom is 0.270 e. The van der Waals surface area contributed by atoms with Gasteiger partial charge in [-0.15, -0.1) is 0 Å². The lowest BCUT2D eigenvalue weighted by Crippen LogP contribution is -2.22. The molecule has 3 rings (SSSR count). The van der Waals surface area contributed by atoms with Gasteiger partial charge in [-0.3, -0.25) is 15.1 Å². The van der Waals surface area contributed by atoms with Crippen LogP contribution < -0.4 is 0 Å². The van der Waals surface area contributed by atoms with E-state index < -0.39 is 4.92 Å². The van der Waals surface area contributed by atoms with Crippen molar-refractivity contribution < 1.29 is 14.8 Å². The number of hydrogen-bond acceptors (Lipinski definition) is 5. The van der Waals surface area contributed by atoms with E-state index in [9.17, 15) is 15.2 Å². The molecule has 0 saturated heterocycles. The number of nitro groups is 1. The molecule has 0 unspecified atom stereocenters. The van der Waals surface area contributed by atoms with Crippen LogP contribution in [0.25, 0.3) is 10.9 Å². The quantitative estimate of drug-likeness (QED) is 0.681. The number of aliphatic imine (C=N–C) groups is 1. The van der Waals surface area contributed by atoms with Crippen LogP contribution in [-0.4, -0.2) is 40.1 Å². The Bertz CT molecular complexity index is 815. The Morgan fingerprint density at radius 1 is 1.39 bits per heavy atom. The van der Waals surface area contributed by atoms with E-state index in [-0.39, 0.29) is 17.1 Å². The number of aromatic nitrogens is 1. The van der Waals surface area contributed by atoms with Crippen molar-refractivity contribution in [1.82, 2.24) is 4.57 Å². The summed E-state index contributed by atoms with van der Waals surface area (Å²) in [7, 11) is 0. The highest BCUT2D eigenvalue weighted by molar-refractivity contribution is 6.14. The van der Waals surface area contributed by atoms with E-state index in [1.165, 1.54) is 12.1 Å². The molecule has 1 aliphatic rings. The fourth-order valence-electron chi connectivity index (χ4n) is 2.95. The van der Waals surface area contributed by atoms with E-state index in [1.54, 1.807) is 10.6 Å². The average Bonchev–Trinajstić information content (AvgIpc) is 2.78. The second-order valence-electron chi connectivity index (χ2n) is 6.54. The van der Waals surface area contributed by atoms with E-state index in [0.717, 1.165) is 5.52 Å². The second-order valence-corrected chi connectivity index (χ2v) is 6.54. The number of rotatable bonds is 2. The van der Waals surface area contributed by atoms with Gasteiger partial charge in [0.05, 0.1) is 41.5 Å². The van der Waals surface area contributed by atoms with Crippen molar-refractivity contribution in [3.05, 3.63) is 33.9 Å². The summed E-state index contributed by atoms with van der Waals surface area (Å²) >= 11 is 0. The van der Waals surface area contributed by atoms with Crippen LogP contribution in [0, 0.1) is 10.1 Å². The summed E-state index contributed by atoms with van der Waals surface area (Å²) in [5, 5.41) is 22.5. The van der Waals surface area contributed by atoms with Crippen LogP contribution in [0.2, 0.25) is 0 Å². The lowest BCUT2D eigenvalue weighted by atomic mass is 10.1. The number of ether oxygens (including phenoxy) is 1. The molecule has 7 nitrogen and oxygen atoms in total. The summed E-state index contributed by atoms with van der Waals surface area (Å²) in [6, 6.07) is 4.61. The van der Waals surface area contributed by atoms with E-state index in [4.69, 9.17) is 4.74 Å². The SMILES string of the molecule is CC(C)(C)n1c(O)c(C2=NCCOC2)c2cc([N+](=O)[O-])ccc21. The molecule has 0 fully saturated rings. The number of benzene rings is 1. The molecule has 0 atom stereocenters. The Morgan fingerprint density at radius 2 is 2.13 bits per heavy atom. The van der Waals surface area contributed by atoms with Gasteiger partial charge in [-0.25, -0.2) is 0 Å². The highest BCUT2D eigenvalue weighted by Crippen LogP contribution is 2.38. The molecule has 0 aliphatic carbocycles. The zero-order valence-electron chi connectivity index (χ0n) is 13.4. The third kappa shape index (κ3) is 2.57. The zero-order chi connectivity index (χ0) is 16.8. The number of nitrogens with zero attached hydrogens (tertiary/aromatic N) is 3. The minimum atomic E-state index is -0.437. The van der Waals surface area contributed by atoms with Crippen LogP contribution in [0.15, 0.2) is 23.2 Å². The molecule has 1 aliphatic heterocycles. The second kappa shape index (κ2) is 5.34. The summed E-state index contributed by atoms with van der Waals surface area (Å²) in [5.41, 5.74) is 1.50. The van der Waals surface area contributed by atoms with E-state index >= 15 is 0 Å². The molecular weight excluding hydrogens is 298 g/mol. The molecule has 7 heteroatoms. The Morgan fingerprint density at radius 3 is 2.70 bits per heavy atom. The topological polar surface area (TPSA) is 89.9 Å². The standard InChI is InChI=1S/C16H19N3O4/c1-16(2,3)18-13-5-4-10(19(21)22)8-11(13)14(15(18)20)12-9-23-7-6-17-12/h4-5,8,20H,6-7,9H2,1-3H3. The van der Waals surface area contributed by atoms with E-state index in [2.05, 4.69) is 4.99 Å². The molecule has 1 N–H and O–H groups in total. The molecule has 0 spiro atoms. The van der Waals surface area contributed by atoms with Crippen LogP contribution in [0.4, 0.5) is 5.69 Å². The maximum atomic E-state index is 11.1. The van der Waals surface area contributed by atoms with Crippen molar-refractivity contribution in [2.24, 2.45) is 4.99 Å². The predicted molar refractivity (Wildman–Crippen MR) is 87.5 cm³/mol. The van der Waals surface area contributed by atoms with Gasteiger partial charge in [0, 0.05) is 23.1 Å². The number of fused-ring (bicyclic) bond motifs is 1. The van der Waals surface area contributed by atoms with Crippen LogP contribution in [0.3, 0.4) is 0 Å². The summed E-state index contributed by atoms with van der Waals surface area (Å²) in [4.78, 5) is 15.1. The zero-order valence-corrected chi connectivity index (χ0v) is 13.4. The van der Waals surface area contributed by atoms with Crippen molar-refractivity contribution >= 4 is 22.3 Å². The number of nitro benzene ring substituents is 1. The molecule has 1 aromatic carbocycles. The van der Waals surface area contributed by atoms with Crippen molar-refractivity contribution in [3.63, 3.8) is 0 Å². The Labute approximate surface area is 133 Å². The van der Waals surface area contributed by atoms with Gasteiger partial charge in [0.2, 0.25) is 5.88 Å². The van der Waals surface area contributed by atoms with Crippen LogP contribution in [0.1, 0.15) is 26.3 Å². The Kier molecular flexibility index (Phi) is 3.60. The van der Waals surface area contributed by atoms with Gasteiger partial charge in [0.25, 0.3) is 5.69 Å². The summed E-state index contributed by atoms with van der Waals surface area (Å²) < 4.78 is 7.20. The fourth-order valence-corrected chi connectivity index (χ4v) is 2.95. The van der Waals surface area contributed by atoms with Crippen molar-refractivity contribution in [3.8, 4) is 5.88 Å². The average molecular weight is 317 g/mol. The van der Waals surface area contributed by atoms with Gasteiger partial charge >= 0.3 is 0 Å². The third-order valence-corrected chi connectivity index (χ3v) is 3.87. The molecule has 0 saturated carbocycles. The molecule has 0 amide bonds. The van der Waals surface area contributed by atoms with Crippen LogP contribution >= 0.6 is 0 Å². The van der Waals surface area contributed by atoms with Crippen molar-refractivity contribution in [2.75, 3.05) is 19.8 Å². The summed E-state index contributed by atoms with van der Waals surface area (Å²) in [6.07, 6.45) is 0. The van der Waals surface area contributed by atoms with E-state index in [0.29, 0.717) is 36.4 Å². The van der Waals surface area contributed by atoms with Crippen molar-refractivity contribution in [2.45, 2.75) is 26.3 Å². The van der Waals surface area contributed by atoms with Gasteiger partial charge in [0.1, 0.15) is 0 Å². The lowest BCUT2D eigenvalue weighted by molar-refractivity contribution is -0.384. The van der Waals surface area contributed by atoms with Crippen LogP contribution in [0.5, 0.6) is 5.88 Å². The third-order valence-electron chi connectivity index (χ3n) is 3.87. The Hall–Kier alpha value is -2.41. The molecular formula is C16H19N3O4. The monoisotopic (exact) mass is 317 g/mol. The molecule has 0 bridgehead atoms. The first kappa shape index (κ1) is 15.5. The smallest absolute Gasteiger partial charge is 0.270 e. The number of hydrogen-bond donors (Lipinski definition) is 1. The van der Waals surface area contributed by atoms with Gasteiger partial charge < -0.3 is 14.4 Å². The highest BCUT2D eigenvalue weighted by atomic mass is 16.6. The summed E-state index contributed by atoms with van der Waals surface area (Å²) in [6.45, 7) is 7.26. The first-order chi connectivity index (χ1) is 10.8. The molecule has 1 aromatic heterocycles. The fraction of sp³-hybridized carbons (Fsp3) is 0.438. The first-order valence-electron chi connectivity index (χ1n) is 7.44. The largest absolute Gasteiger partial charge is 0.494 e. The molecule has 2 aromatic rings. The minimum Gasteiger partial charge on any atom is -0.494 e. The van der Waals surface area contributed by atoms with Crippen molar-refractivity contribution in [1.29, 1.82) is 0 Å². The van der Waals surface area contributed by atoms with E-state index in [1.807, 2.05) is 20.8 Å². The van der Waals surface area contributed by atoms with Gasteiger partial charge in [-0.05, 0) is 26.8 Å². The first-order valence-corrected chi connectivity index (χ1v) is 7.44. The van der Waals surface area contributed by atoms with Crippen LogP contribution in [-0.2, 0) is 10.3 Å². The number of non-ortho nitro benzene ring substituents is 1. The lowest BCUT2D eigenvalue weighted by Gasteiger charge is -2.23. The number of aromatic hydroxyl groups is 1. The molecule has 0 radical (unpaired) electrons. The van der Waals surface area contributed by atoms with Gasteiger partial charge in [-0.2, -0.15) is 0 Å². The Balaban J connectivity index is 2.36. The maximum absolute atomic E-state index is 11.1.